The van der Waals surface area contributed by atoms with Crippen LogP contribution in [0.25, 0.3) is 0 Å². The summed E-state index contributed by atoms with van der Waals surface area (Å²) in [7, 11) is 0. The highest BCUT2D eigenvalue weighted by atomic mass is 16.3. The molecule has 0 aromatic heterocycles. The molecular formula is C6H5O. The second-order valence-corrected chi connectivity index (χ2v) is 0.941. The number of hydrogen-bond acceptors (Lipinski definition) is 1. The van der Waals surface area contributed by atoms with Crippen LogP contribution in [0.1, 0.15) is 6.92 Å². The van der Waals surface area contributed by atoms with Crippen LogP contribution in [-0.4, -0.2) is 11.2 Å². The molecule has 7 heavy (non-hydrogen) atoms. The Balaban J connectivity index is 3.57. The summed E-state index contributed by atoms with van der Waals surface area (Å²) in [6, 6.07) is 0. The van der Waals surface area contributed by atoms with Crippen molar-refractivity contribution in [3.05, 3.63) is 6.42 Å². The second kappa shape index (κ2) is 3.28. The first-order valence-corrected chi connectivity index (χ1v) is 1.84. The van der Waals surface area contributed by atoms with E-state index in [1.165, 1.54) is 0 Å². The molecule has 1 nitrogen and oxygen atoms in total. The summed E-state index contributed by atoms with van der Waals surface area (Å²) in [5.41, 5.74) is 0. The Bertz CT molecular complexity index is 130. The topological polar surface area (TPSA) is 20.2 Å². The number of rotatable bonds is 0. The van der Waals surface area contributed by atoms with Gasteiger partial charge in [-0.25, -0.2) is 0 Å². The Morgan fingerprint density at radius 1 is 1.71 bits per heavy atom. The Morgan fingerprint density at radius 3 is 2.43 bits per heavy atom. The van der Waals surface area contributed by atoms with Gasteiger partial charge < -0.3 is 5.11 Å². The van der Waals surface area contributed by atoms with Crippen molar-refractivity contribution >= 4 is 0 Å². The molecule has 0 heterocycles. The maximum atomic E-state index is 8.39. The monoisotopic (exact) mass is 93.0 g/mol. The molecule has 1 unspecified atom stereocenters. The smallest absolute Gasteiger partial charge is 0.177 e. The average molecular weight is 93.1 g/mol. The van der Waals surface area contributed by atoms with Crippen molar-refractivity contribution in [2.45, 2.75) is 13.0 Å². The average Bonchev–Trinajstić information content (AvgIpc) is 1.68. The van der Waals surface area contributed by atoms with Crippen molar-refractivity contribution < 1.29 is 5.11 Å². The molecule has 0 aliphatic carbocycles. The quantitative estimate of drug-likeness (QED) is 0.417. The molecule has 0 saturated heterocycles. The van der Waals surface area contributed by atoms with Gasteiger partial charge in [0.1, 0.15) is 0 Å². The van der Waals surface area contributed by atoms with Crippen molar-refractivity contribution in [2.24, 2.45) is 0 Å². The molecule has 1 heteroatoms. The van der Waals surface area contributed by atoms with E-state index in [1.54, 1.807) is 12.8 Å². The van der Waals surface area contributed by atoms with Crippen molar-refractivity contribution in [2.75, 3.05) is 0 Å². The molecular weight excluding hydrogens is 88.1 g/mol. The first-order chi connectivity index (χ1) is 3.31. The highest BCUT2D eigenvalue weighted by Gasteiger charge is 1.83. The normalized spacial score (nSPS) is 10.4. The maximum absolute atomic E-state index is 8.39. The highest BCUT2D eigenvalue weighted by Crippen LogP contribution is 1.70. The number of hydrogen-bond donors (Lipinski definition) is 1. The summed E-state index contributed by atoms with van der Waals surface area (Å²) in [6.07, 6.45) is 5.31. The molecule has 1 radical (unpaired) electrons. The zero-order valence-corrected chi connectivity index (χ0v) is 4.02. The Labute approximate surface area is 43.4 Å². The van der Waals surface area contributed by atoms with Crippen LogP contribution in [0.3, 0.4) is 0 Å². The maximum Gasteiger partial charge on any atom is 0.177 e. The van der Waals surface area contributed by atoms with Crippen LogP contribution >= 0.6 is 0 Å². The third-order valence-corrected chi connectivity index (χ3v) is 0.418. The third-order valence-electron chi connectivity index (χ3n) is 0.418. The molecule has 0 aromatic carbocycles. The minimum Gasteiger partial charge on any atom is -0.369 e. The lowest BCUT2D eigenvalue weighted by molar-refractivity contribution is 0.289. The largest absolute Gasteiger partial charge is 0.369 e. The van der Waals surface area contributed by atoms with Crippen molar-refractivity contribution in [1.82, 2.24) is 0 Å². The van der Waals surface area contributed by atoms with E-state index >= 15 is 0 Å². The molecule has 1 N–H and O–H groups in total. The Hall–Kier alpha value is -0.920. The molecule has 0 rings (SSSR count). The van der Waals surface area contributed by atoms with Crippen LogP contribution in [0, 0.1) is 24.2 Å². The van der Waals surface area contributed by atoms with E-state index in [1.807, 2.05) is 0 Å². The molecule has 0 bridgehead atoms. The summed E-state index contributed by atoms with van der Waals surface area (Å²) in [5, 5.41) is 8.39. The first kappa shape index (κ1) is 6.08. The molecule has 0 fully saturated rings. The Morgan fingerprint density at radius 2 is 2.29 bits per heavy atom. The summed E-state index contributed by atoms with van der Waals surface area (Å²) in [6.45, 7) is 1.60. The molecule has 35 valence electrons. The summed E-state index contributed by atoms with van der Waals surface area (Å²) < 4.78 is 0. The van der Waals surface area contributed by atoms with E-state index in [4.69, 9.17) is 11.5 Å². The van der Waals surface area contributed by atoms with Crippen LogP contribution in [0.4, 0.5) is 0 Å². The van der Waals surface area contributed by atoms with Gasteiger partial charge in [-0.2, -0.15) is 0 Å². The van der Waals surface area contributed by atoms with Gasteiger partial charge in [0.2, 0.25) is 0 Å². The summed E-state index contributed by atoms with van der Waals surface area (Å²) in [5.74, 6) is 6.54. The second-order valence-electron chi connectivity index (χ2n) is 0.941. The van der Waals surface area contributed by atoms with E-state index in [0.29, 0.717) is 0 Å². The van der Waals surface area contributed by atoms with Crippen molar-refractivity contribution in [1.29, 1.82) is 0 Å². The fourth-order valence-corrected chi connectivity index (χ4v) is 0.173. The van der Waals surface area contributed by atoms with Crippen molar-refractivity contribution in [3.8, 4) is 17.8 Å². The van der Waals surface area contributed by atoms with Crippen LogP contribution in [-0.2, 0) is 0 Å². The van der Waals surface area contributed by atoms with Gasteiger partial charge in [-0.3, -0.25) is 0 Å². The lowest BCUT2D eigenvalue weighted by atomic mass is 10.4. The molecule has 0 saturated carbocycles. The molecule has 0 spiro atoms. The molecule has 0 aromatic rings. The van der Waals surface area contributed by atoms with Crippen LogP contribution in [0.2, 0.25) is 0 Å². The predicted octanol–water partition coefficient (Wildman–Crippen LogP) is -0.0396. The van der Waals surface area contributed by atoms with Gasteiger partial charge in [-0.1, -0.05) is 5.92 Å². The zero-order chi connectivity index (χ0) is 5.70. The molecule has 0 aliphatic rings. The van der Waals surface area contributed by atoms with Gasteiger partial charge in [0.25, 0.3) is 0 Å². The first-order valence-electron chi connectivity index (χ1n) is 1.84. The standard InChI is InChI=1S/C6H5O/c1-3-5-6(7)4-2/h6-7H,1H3. The number of aliphatic hydroxyl groups is 1. The molecule has 1 atom stereocenters. The van der Waals surface area contributed by atoms with Gasteiger partial charge in [-0.15, -0.1) is 5.92 Å². The van der Waals surface area contributed by atoms with E-state index in [0.717, 1.165) is 0 Å². The van der Waals surface area contributed by atoms with Crippen LogP contribution in [0.15, 0.2) is 0 Å². The van der Waals surface area contributed by atoms with Gasteiger partial charge in [0, 0.05) is 0 Å². The van der Waals surface area contributed by atoms with Gasteiger partial charge in [0.05, 0.1) is 0 Å². The lowest BCUT2D eigenvalue weighted by Gasteiger charge is -1.82. The number of aliphatic hydroxyl groups excluding tert-OH is 1. The van der Waals surface area contributed by atoms with Crippen LogP contribution in [0.5, 0.6) is 0 Å². The molecule has 0 aliphatic heterocycles. The minimum absolute atomic E-state index is 0.995. The fourth-order valence-electron chi connectivity index (χ4n) is 0.173. The lowest BCUT2D eigenvalue weighted by Crippen LogP contribution is -1.95. The van der Waals surface area contributed by atoms with E-state index in [2.05, 4.69) is 11.8 Å². The van der Waals surface area contributed by atoms with Gasteiger partial charge in [0.15, 0.2) is 6.10 Å². The van der Waals surface area contributed by atoms with E-state index in [9.17, 15) is 0 Å². The minimum atomic E-state index is -0.995. The third kappa shape index (κ3) is 2.89. The van der Waals surface area contributed by atoms with Gasteiger partial charge >= 0.3 is 0 Å². The summed E-state index contributed by atoms with van der Waals surface area (Å²) in [4.78, 5) is 0. The van der Waals surface area contributed by atoms with Crippen LogP contribution < -0.4 is 0 Å². The summed E-state index contributed by atoms with van der Waals surface area (Å²) >= 11 is 0. The fraction of sp³-hybridized carbons (Fsp3) is 0.333. The SMILES string of the molecule is [C]#CC(O)C#CC. The Kier molecular flexibility index (Phi) is 2.85. The van der Waals surface area contributed by atoms with E-state index in [-0.39, 0.29) is 0 Å². The zero-order valence-electron chi connectivity index (χ0n) is 4.02. The predicted molar refractivity (Wildman–Crippen MR) is 26.6 cm³/mol. The van der Waals surface area contributed by atoms with Gasteiger partial charge in [-0.05, 0) is 19.3 Å². The van der Waals surface area contributed by atoms with E-state index < -0.39 is 6.10 Å². The highest BCUT2D eigenvalue weighted by molar-refractivity contribution is 5.12. The molecule has 0 amide bonds. The van der Waals surface area contributed by atoms with Crippen molar-refractivity contribution in [3.63, 3.8) is 0 Å².